The average molecular weight is 458 g/mol. The molecule has 3 amide bonds. The summed E-state index contributed by atoms with van der Waals surface area (Å²) in [5, 5.41) is 6.65. The Morgan fingerprint density at radius 3 is 2.41 bits per heavy atom. The zero-order chi connectivity index (χ0) is 22.5. The van der Waals surface area contributed by atoms with E-state index in [9.17, 15) is 14.4 Å². The van der Waals surface area contributed by atoms with Gasteiger partial charge in [0.25, 0.3) is 11.8 Å². The smallest absolute Gasteiger partial charge is 0.292 e. The van der Waals surface area contributed by atoms with E-state index in [0.717, 1.165) is 24.6 Å². The third-order valence-electron chi connectivity index (χ3n) is 5.56. The Morgan fingerprint density at radius 2 is 1.72 bits per heavy atom. The highest BCUT2D eigenvalue weighted by atomic mass is 32.2. The number of thioether (sulfide) groups is 1. The zero-order valence-corrected chi connectivity index (χ0v) is 18.9. The maximum absolute atomic E-state index is 12.7. The molecule has 2 aliphatic heterocycles. The molecule has 1 N–H and O–H groups in total. The zero-order valence-electron chi connectivity index (χ0n) is 18.1. The first kappa shape index (κ1) is 22.3. The fourth-order valence-corrected chi connectivity index (χ4v) is 4.71. The van der Waals surface area contributed by atoms with Crippen molar-refractivity contribution in [3.8, 4) is 0 Å². The maximum Gasteiger partial charge on any atom is 0.292 e. The lowest BCUT2D eigenvalue weighted by Crippen LogP contribution is -2.50. The quantitative estimate of drug-likeness (QED) is 0.728. The Kier molecular flexibility index (Phi) is 7.11. The van der Waals surface area contributed by atoms with Crippen molar-refractivity contribution in [2.45, 2.75) is 6.92 Å². The summed E-state index contributed by atoms with van der Waals surface area (Å²) < 4.78 is 5.06. The molecule has 9 nitrogen and oxygen atoms in total. The van der Waals surface area contributed by atoms with Crippen LogP contribution >= 0.6 is 11.8 Å². The standard InChI is InChI=1S/C22H27N5O4S/c1-16-13-19(31-24-16)22(30)26-7-5-25(6-8-26)15-20(28)23-18-4-2-3-17(14-18)21(29)27-9-11-32-12-10-27/h2-4,13-14H,5-12,15H2,1H3,(H,23,28). The number of nitrogens with zero attached hydrogens (tertiary/aromatic N) is 4. The molecule has 32 heavy (non-hydrogen) atoms. The molecule has 170 valence electrons. The van der Waals surface area contributed by atoms with Gasteiger partial charge in [-0.1, -0.05) is 11.2 Å². The van der Waals surface area contributed by atoms with Gasteiger partial charge in [0.05, 0.1) is 12.2 Å². The summed E-state index contributed by atoms with van der Waals surface area (Å²) in [6.45, 7) is 5.74. The molecule has 0 aliphatic carbocycles. The first-order chi connectivity index (χ1) is 15.5. The van der Waals surface area contributed by atoms with Crippen molar-refractivity contribution >= 4 is 35.2 Å². The van der Waals surface area contributed by atoms with E-state index in [4.69, 9.17) is 4.52 Å². The fraction of sp³-hybridized carbons (Fsp3) is 0.455. The normalized spacial score (nSPS) is 17.3. The Balaban J connectivity index is 1.26. The van der Waals surface area contributed by atoms with Gasteiger partial charge in [-0.25, -0.2) is 0 Å². The summed E-state index contributed by atoms with van der Waals surface area (Å²) in [6, 6.07) is 8.73. The van der Waals surface area contributed by atoms with Crippen molar-refractivity contribution in [3.05, 3.63) is 47.3 Å². The summed E-state index contributed by atoms with van der Waals surface area (Å²) in [7, 11) is 0. The summed E-state index contributed by atoms with van der Waals surface area (Å²) in [4.78, 5) is 43.3. The molecule has 4 rings (SSSR count). The van der Waals surface area contributed by atoms with E-state index in [0.29, 0.717) is 43.1 Å². The number of anilines is 1. The van der Waals surface area contributed by atoms with E-state index in [1.165, 1.54) is 0 Å². The number of benzene rings is 1. The highest BCUT2D eigenvalue weighted by Crippen LogP contribution is 2.17. The first-order valence-corrected chi connectivity index (χ1v) is 11.9. The van der Waals surface area contributed by atoms with Crippen LogP contribution in [0.1, 0.15) is 26.6 Å². The molecule has 2 aromatic rings. The van der Waals surface area contributed by atoms with Crippen LogP contribution in [0, 0.1) is 6.92 Å². The molecule has 2 fully saturated rings. The van der Waals surface area contributed by atoms with Crippen molar-refractivity contribution in [2.75, 3.05) is 62.6 Å². The number of rotatable bonds is 5. The second-order valence-corrected chi connectivity index (χ2v) is 9.16. The third kappa shape index (κ3) is 5.49. The number of carbonyl (C=O) groups excluding carboxylic acids is 3. The molecular formula is C22H27N5O4S. The molecule has 2 saturated heterocycles. The van der Waals surface area contributed by atoms with Gasteiger partial charge < -0.3 is 19.6 Å². The van der Waals surface area contributed by atoms with Crippen LogP contribution in [-0.2, 0) is 4.79 Å². The molecular weight excluding hydrogens is 430 g/mol. The highest BCUT2D eigenvalue weighted by Gasteiger charge is 2.25. The van der Waals surface area contributed by atoms with Crippen molar-refractivity contribution in [2.24, 2.45) is 0 Å². The molecule has 0 unspecified atom stereocenters. The van der Waals surface area contributed by atoms with E-state index in [-0.39, 0.29) is 30.0 Å². The maximum atomic E-state index is 12.7. The van der Waals surface area contributed by atoms with Crippen LogP contribution in [0.3, 0.4) is 0 Å². The first-order valence-electron chi connectivity index (χ1n) is 10.7. The van der Waals surface area contributed by atoms with Gasteiger partial charge in [0.15, 0.2) is 0 Å². The second-order valence-electron chi connectivity index (χ2n) is 7.93. The van der Waals surface area contributed by atoms with E-state index >= 15 is 0 Å². The largest absolute Gasteiger partial charge is 0.351 e. The minimum atomic E-state index is -0.177. The lowest BCUT2D eigenvalue weighted by molar-refractivity contribution is -0.117. The average Bonchev–Trinajstić information content (AvgIpc) is 3.25. The Morgan fingerprint density at radius 1 is 1.00 bits per heavy atom. The van der Waals surface area contributed by atoms with E-state index < -0.39 is 0 Å². The second kappa shape index (κ2) is 10.2. The van der Waals surface area contributed by atoms with E-state index in [2.05, 4.69) is 10.5 Å². The van der Waals surface area contributed by atoms with Crippen LogP contribution in [0.5, 0.6) is 0 Å². The molecule has 3 heterocycles. The van der Waals surface area contributed by atoms with Gasteiger partial charge in [0.2, 0.25) is 11.7 Å². The Labute approximate surface area is 191 Å². The number of carbonyl (C=O) groups is 3. The minimum Gasteiger partial charge on any atom is -0.351 e. The third-order valence-corrected chi connectivity index (χ3v) is 6.50. The number of nitrogens with one attached hydrogen (secondary N) is 1. The lowest BCUT2D eigenvalue weighted by Gasteiger charge is -2.33. The van der Waals surface area contributed by atoms with Gasteiger partial charge in [0.1, 0.15) is 0 Å². The molecule has 0 saturated carbocycles. The van der Waals surface area contributed by atoms with Gasteiger partial charge >= 0.3 is 0 Å². The SMILES string of the molecule is Cc1cc(C(=O)N2CCN(CC(=O)Nc3cccc(C(=O)N4CCSCC4)c3)CC2)on1. The van der Waals surface area contributed by atoms with Gasteiger partial charge in [-0.2, -0.15) is 11.8 Å². The lowest BCUT2D eigenvalue weighted by atomic mass is 10.1. The number of piperazine rings is 1. The van der Waals surface area contributed by atoms with Crippen LogP contribution in [0.25, 0.3) is 0 Å². The molecule has 0 bridgehead atoms. The van der Waals surface area contributed by atoms with Crippen LogP contribution < -0.4 is 5.32 Å². The van der Waals surface area contributed by atoms with Crippen molar-refractivity contribution in [3.63, 3.8) is 0 Å². The van der Waals surface area contributed by atoms with Gasteiger partial charge in [0, 0.05) is 68.1 Å². The van der Waals surface area contributed by atoms with Crippen LogP contribution in [-0.4, -0.2) is 94.9 Å². The van der Waals surface area contributed by atoms with Crippen molar-refractivity contribution in [1.82, 2.24) is 19.9 Å². The number of aryl methyl sites for hydroxylation is 1. The summed E-state index contributed by atoms with van der Waals surface area (Å²) in [5.41, 5.74) is 1.87. The number of hydrogen-bond donors (Lipinski definition) is 1. The molecule has 1 aromatic carbocycles. The summed E-state index contributed by atoms with van der Waals surface area (Å²) in [6.07, 6.45) is 0. The van der Waals surface area contributed by atoms with Gasteiger partial charge in [-0.05, 0) is 25.1 Å². The van der Waals surface area contributed by atoms with Gasteiger partial charge in [-0.3, -0.25) is 19.3 Å². The molecule has 0 radical (unpaired) electrons. The van der Waals surface area contributed by atoms with Crippen LogP contribution in [0.4, 0.5) is 5.69 Å². The van der Waals surface area contributed by atoms with Gasteiger partial charge in [-0.15, -0.1) is 0 Å². The fourth-order valence-electron chi connectivity index (χ4n) is 3.81. The molecule has 1 aromatic heterocycles. The van der Waals surface area contributed by atoms with E-state index in [1.54, 1.807) is 42.2 Å². The highest BCUT2D eigenvalue weighted by molar-refractivity contribution is 7.99. The molecule has 10 heteroatoms. The molecule has 0 atom stereocenters. The molecule has 2 aliphatic rings. The molecule has 0 spiro atoms. The minimum absolute atomic E-state index is 0.00383. The van der Waals surface area contributed by atoms with Crippen molar-refractivity contribution < 1.29 is 18.9 Å². The predicted molar refractivity (Wildman–Crippen MR) is 122 cm³/mol. The van der Waals surface area contributed by atoms with Crippen LogP contribution in [0.15, 0.2) is 34.9 Å². The van der Waals surface area contributed by atoms with Crippen LogP contribution in [0.2, 0.25) is 0 Å². The van der Waals surface area contributed by atoms with E-state index in [1.807, 2.05) is 21.6 Å². The van der Waals surface area contributed by atoms with Crippen molar-refractivity contribution in [1.29, 1.82) is 0 Å². The number of aromatic nitrogens is 1. The monoisotopic (exact) mass is 457 g/mol. The topological polar surface area (TPSA) is 99.0 Å². The number of hydrogen-bond acceptors (Lipinski definition) is 7. The summed E-state index contributed by atoms with van der Waals surface area (Å²) in [5.74, 6) is 1.84. The summed E-state index contributed by atoms with van der Waals surface area (Å²) >= 11 is 1.86. The Hall–Kier alpha value is -2.85. The predicted octanol–water partition coefficient (Wildman–Crippen LogP) is 1.57. The number of amides is 3. The Bertz CT molecular complexity index is 980.